The Morgan fingerprint density at radius 3 is 2.05 bits per heavy atom. The van der Waals surface area contributed by atoms with Gasteiger partial charge in [0, 0.05) is 6.54 Å². The average Bonchev–Trinajstić information content (AvgIpc) is 2.22. The summed E-state index contributed by atoms with van der Waals surface area (Å²) < 4.78 is 0. The summed E-state index contributed by atoms with van der Waals surface area (Å²) in [6.45, 7) is 12.8. The summed E-state index contributed by atoms with van der Waals surface area (Å²) in [5.74, 6) is -0.464. The van der Waals surface area contributed by atoms with Crippen LogP contribution in [-0.2, 0) is 4.79 Å². The van der Waals surface area contributed by atoms with Gasteiger partial charge in [0.2, 0.25) is 0 Å². The minimum absolute atomic E-state index is 0.109. The fourth-order valence-electron chi connectivity index (χ4n) is 1.45. The molecular formula is C14H28N2O3. The van der Waals surface area contributed by atoms with Crippen molar-refractivity contribution in [2.45, 2.75) is 54.0 Å². The number of aliphatic carboxylic acids is 1. The van der Waals surface area contributed by atoms with Crippen LogP contribution >= 0.6 is 0 Å². The topological polar surface area (TPSA) is 78.4 Å². The maximum Gasteiger partial charge on any atom is 0.326 e. The third-order valence-electron chi connectivity index (χ3n) is 3.36. The highest BCUT2D eigenvalue weighted by Gasteiger charge is 2.23. The maximum atomic E-state index is 11.7. The van der Waals surface area contributed by atoms with E-state index in [1.807, 2.05) is 13.8 Å². The van der Waals surface area contributed by atoms with Crippen molar-refractivity contribution in [2.75, 3.05) is 6.54 Å². The quantitative estimate of drug-likeness (QED) is 0.695. The first kappa shape index (κ1) is 17.7. The number of hydrogen-bond acceptors (Lipinski definition) is 2. The smallest absolute Gasteiger partial charge is 0.326 e. The van der Waals surface area contributed by atoms with Gasteiger partial charge >= 0.3 is 12.0 Å². The van der Waals surface area contributed by atoms with Crippen molar-refractivity contribution in [3.05, 3.63) is 0 Å². The number of carboxylic acids is 1. The van der Waals surface area contributed by atoms with E-state index in [1.54, 1.807) is 0 Å². The summed E-state index contributed by atoms with van der Waals surface area (Å²) in [4.78, 5) is 22.7. The zero-order chi connectivity index (χ0) is 15.2. The number of carboxylic acid groups (broad SMARTS) is 1. The Hall–Kier alpha value is -1.26. The number of hydrogen-bond donors (Lipinski definition) is 3. The van der Waals surface area contributed by atoms with Crippen LogP contribution in [0.3, 0.4) is 0 Å². The van der Waals surface area contributed by atoms with Gasteiger partial charge in [0.25, 0.3) is 0 Å². The fourth-order valence-corrected chi connectivity index (χ4v) is 1.45. The lowest BCUT2D eigenvalue weighted by atomic mass is 9.82. The van der Waals surface area contributed by atoms with Crippen molar-refractivity contribution in [1.29, 1.82) is 0 Å². The van der Waals surface area contributed by atoms with Crippen molar-refractivity contribution in [3.8, 4) is 0 Å². The van der Waals surface area contributed by atoms with Gasteiger partial charge in [-0.2, -0.15) is 0 Å². The first-order chi connectivity index (χ1) is 8.54. The molecule has 112 valence electrons. The first-order valence-corrected chi connectivity index (χ1v) is 6.81. The van der Waals surface area contributed by atoms with E-state index < -0.39 is 18.0 Å². The summed E-state index contributed by atoms with van der Waals surface area (Å²) in [5, 5.41) is 14.3. The van der Waals surface area contributed by atoms with Gasteiger partial charge in [0.15, 0.2) is 0 Å². The molecule has 0 radical (unpaired) electrons. The zero-order valence-corrected chi connectivity index (χ0v) is 12.9. The normalized spacial score (nSPS) is 14.9. The van der Waals surface area contributed by atoms with E-state index in [9.17, 15) is 9.59 Å². The second-order valence-electron chi connectivity index (χ2n) is 6.64. The standard InChI is InChI=1S/C14H28N2O3/c1-9(2)7-11(12(17)18)16-13(19)15-8-10(3)14(4,5)6/h9-11H,7-8H2,1-6H3,(H,17,18)(H2,15,16,19)/t10?,11-/m1/s1. The molecular weight excluding hydrogens is 244 g/mol. The molecule has 3 N–H and O–H groups in total. The molecule has 0 saturated heterocycles. The van der Waals surface area contributed by atoms with Gasteiger partial charge in [-0.25, -0.2) is 9.59 Å². The molecule has 19 heavy (non-hydrogen) atoms. The molecule has 5 nitrogen and oxygen atoms in total. The summed E-state index contributed by atoms with van der Waals surface area (Å²) in [7, 11) is 0. The minimum atomic E-state index is -0.993. The second-order valence-corrected chi connectivity index (χ2v) is 6.64. The molecule has 0 aromatic carbocycles. The minimum Gasteiger partial charge on any atom is -0.480 e. The van der Waals surface area contributed by atoms with Gasteiger partial charge in [0.1, 0.15) is 6.04 Å². The molecule has 5 heteroatoms. The molecule has 1 unspecified atom stereocenters. The largest absolute Gasteiger partial charge is 0.480 e. The second kappa shape index (κ2) is 7.36. The van der Waals surface area contributed by atoms with Gasteiger partial charge < -0.3 is 15.7 Å². The first-order valence-electron chi connectivity index (χ1n) is 6.81. The summed E-state index contributed by atoms with van der Waals surface area (Å²) in [5.41, 5.74) is 0.109. The van der Waals surface area contributed by atoms with Crippen LogP contribution in [0.1, 0.15) is 48.0 Å². The van der Waals surface area contributed by atoms with E-state index in [-0.39, 0.29) is 11.3 Å². The molecule has 0 aliphatic rings. The van der Waals surface area contributed by atoms with Crippen LogP contribution in [0.2, 0.25) is 0 Å². The van der Waals surface area contributed by atoms with E-state index >= 15 is 0 Å². The molecule has 0 heterocycles. The monoisotopic (exact) mass is 272 g/mol. The number of urea groups is 1. The fraction of sp³-hybridized carbons (Fsp3) is 0.857. The highest BCUT2D eigenvalue weighted by Crippen LogP contribution is 2.24. The van der Waals surface area contributed by atoms with Gasteiger partial charge in [-0.15, -0.1) is 0 Å². The highest BCUT2D eigenvalue weighted by atomic mass is 16.4. The molecule has 0 aromatic heterocycles. The predicted molar refractivity (Wildman–Crippen MR) is 76.0 cm³/mol. The summed E-state index contributed by atoms with van der Waals surface area (Å²) in [6, 6.07) is -1.24. The molecule has 0 aliphatic carbocycles. The lowest BCUT2D eigenvalue weighted by Crippen LogP contribution is -2.48. The van der Waals surface area contributed by atoms with Gasteiger partial charge in [-0.1, -0.05) is 41.5 Å². The van der Waals surface area contributed by atoms with Crippen molar-refractivity contribution < 1.29 is 14.7 Å². The average molecular weight is 272 g/mol. The van der Waals surface area contributed by atoms with Gasteiger partial charge in [-0.3, -0.25) is 0 Å². The number of carbonyl (C=O) groups excluding carboxylic acids is 1. The van der Waals surface area contributed by atoms with Crippen LogP contribution in [-0.4, -0.2) is 29.7 Å². The van der Waals surface area contributed by atoms with Crippen LogP contribution in [0.15, 0.2) is 0 Å². The number of nitrogens with one attached hydrogen (secondary N) is 2. The Kier molecular flexibility index (Phi) is 6.87. The maximum absolute atomic E-state index is 11.7. The zero-order valence-electron chi connectivity index (χ0n) is 12.9. The third kappa shape index (κ3) is 7.70. The number of carbonyl (C=O) groups is 2. The van der Waals surface area contributed by atoms with Crippen molar-refractivity contribution in [2.24, 2.45) is 17.3 Å². The Balaban J connectivity index is 4.25. The Labute approximate surface area is 116 Å². The molecule has 0 spiro atoms. The molecule has 0 saturated carbocycles. The Morgan fingerprint density at radius 1 is 1.16 bits per heavy atom. The third-order valence-corrected chi connectivity index (χ3v) is 3.36. The Morgan fingerprint density at radius 2 is 1.68 bits per heavy atom. The van der Waals surface area contributed by atoms with Crippen LogP contribution < -0.4 is 10.6 Å². The van der Waals surface area contributed by atoms with Crippen LogP contribution in [0, 0.1) is 17.3 Å². The highest BCUT2D eigenvalue weighted by molar-refractivity contribution is 5.82. The van der Waals surface area contributed by atoms with E-state index in [0.29, 0.717) is 18.9 Å². The van der Waals surface area contributed by atoms with Gasteiger partial charge in [0.05, 0.1) is 0 Å². The Bertz CT molecular complexity index is 308. The van der Waals surface area contributed by atoms with E-state index in [2.05, 4.69) is 38.3 Å². The lowest BCUT2D eigenvalue weighted by molar-refractivity contribution is -0.139. The molecule has 2 atom stereocenters. The predicted octanol–water partition coefficient (Wildman–Crippen LogP) is 2.47. The van der Waals surface area contributed by atoms with Crippen LogP contribution in [0.4, 0.5) is 4.79 Å². The molecule has 2 amide bonds. The van der Waals surface area contributed by atoms with Crippen molar-refractivity contribution >= 4 is 12.0 Å². The summed E-state index contributed by atoms with van der Waals surface area (Å²) >= 11 is 0. The van der Waals surface area contributed by atoms with E-state index in [1.165, 1.54) is 0 Å². The van der Waals surface area contributed by atoms with Crippen LogP contribution in [0.25, 0.3) is 0 Å². The molecule has 0 rings (SSSR count). The number of amides is 2. The molecule has 0 aliphatic heterocycles. The van der Waals surface area contributed by atoms with E-state index in [0.717, 1.165) is 0 Å². The molecule has 0 aromatic rings. The summed E-state index contributed by atoms with van der Waals surface area (Å²) in [6.07, 6.45) is 0.428. The van der Waals surface area contributed by atoms with Crippen molar-refractivity contribution in [3.63, 3.8) is 0 Å². The van der Waals surface area contributed by atoms with Gasteiger partial charge in [-0.05, 0) is 23.7 Å². The van der Waals surface area contributed by atoms with Crippen molar-refractivity contribution in [1.82, 2.24) is 10.6 Å². The molecule has 0 fully saturated rings. The van der Waals surface area contributed by atoms with E-state index in [4.69, 9.17) is 5.11 Å². The van der Waals surface area contributed by atoms with Crippen LogP contribution in [0.5, 0.6) is 0 Å². The number of rotatable bonds is 6. The molecule has 0 bridgehead atoms. The lowest BCUT2D eigenvalue weighted by Gasteiger charge is -2.27. The SMILES string of the molecule is CC(C)C[C@@H](NC(=O)NCC(C)C(C)(C)C)C(=O)O.